The second kappa shape index (κ2) is 8.46. The minimum absolute atomic E-state index is 0.195. The summed E-state index contributed by atoms with van der Waals surface area (Å²) in [5.41, 5.74) is 5.44. The highest BCUT2D eigenvalue weighted by Crippen LogP contribution is 2.40. The van der Waals surface area contributed by atoms with Crippen LogP contribution in [0.25, 0.3) is 11.0 Å². The van der Waals surface area contributed by atoms with Gasteiger partial charge in [-0.3, -0.25) is 4.57 Å². The van der Waals surface area contributed by atoms with Gasteiger partial charge in [-0.15, -0.1) is 0 Å². The van der Waals surface area contributed by atoms with E-state index in [4.69, 9.17) is 9.72 Å². The number of carbonyl (C=O) groups excluding carboxylic acids is 1. The Labute approximate surface area is 183 Å². The number of fused-ring (bicyclic) bond motifs is 3. The van der Waals surface area contributed by atoms with E-state index in [0.29, 0.717) is 5.57 Å². The lowest BCUT2D eigenvalue weighted by atomic mass is 9.94. The number of rotatable bonds is 6. The number of aromatic nitrogens is 2. The number of carbonyl (C=O) groups is 1. The lowest BCUT2D eigenvalue weighted by molar-refractivity contribution is -0.143. The molecule has 0 unspecified atom stereocenters. The zero-order valence-corrected chi connectivity index (χ0v) is 18.8. The first kappa shape index (κ1) is 21.0. The van der Waals surface area contributed by atoms with Gasteiger partial charge in [-0.05, 0) is 64.4 Å². The first-order chi connectivity index (χ1) is 14.9. The minimum Gasteiger partial charge on any atom is -0.459 e. The van der Waals surface area contributed by atoms with Crippen LogP contribution in [0.2, 0.25) is 0 Å². The highest BCUT2D eigenvalue weighted by molar-refractivity contribution is 5.94. The molecule has 0 amide bonds. The number of benzene rings is 2. The Balaban J connectivity index is 1.87. The largest absolute Gasteiger partial charge is 0.459 e. The maximum atomic E-state index is 13.2. The van der Waals surface area contributed by atoms with E-state index >= 15 is 0 Å². The maximum Gasteiger partial charge on any atom is 0.338 e. The molecule has 0 spiro atoms. The van der Waals surface area contributed by atoms with Gasteiger partial charge in [0.1, 0.15) is 0 Å². The third-order valence-electron chi connectivity index (χ3n) is 5.73. The summed E-state index contributed by atoms with van der Waals surface area (Å²) in [5.74, 6) is 0.430. The normalized spacial score (nSPS) is 15.7. The van der Waals surface area contributed by atoms with Gasteiger partial charge in [-0.2, -0.15) is 0 Å². The van der Waals surface area contributed by atoms with Crippen LogP contribution in [-0.4, -0.2) is 34.7 Å². The molecule has 0 saturated heterocycles. The van der Waals surface area contributed by atoms with Gasteiger partial charge in [0.2, 0.25) is 5.95 Å². The highest BCUT2D eigenvalue weighted by atomic mass is 16.5. The van der Waals surface area contributed by atoms with Crippen LogP contribution in [0.3, 0.4) is 0 Å². The maximum absolute atomic E-state index is 13.2. The standard InChI is InChI=1S/C25H30N4O2/c1-6-28(7-2)19-14-12-18(13-15-19)23-22(24(30)31-16(3)4)17(5)26-25-27-20-10-8-9-11-21(20)29(23)25/h8-16,23H,6-7H2,1-5H3,(H,26,27)/t23-/m0/s1. The highest BCUT2D eigenvalue weighted by Gasteiger charge is 2.35. The zero-order valence-electron chi connectivity index (χ0n) is 18.8. The number of allylic oxidation sites excluding steroid dienone is 1. The molecule has 4 rings (SSSR count). The van der Waals surface area contributed by atoms with Gasteiger partial charge in [-0.25, -0.2) is 9.78 Å². The first-order valence-electron chi connectivity index (χ1n) is 10.9. The van der Waals surface area contributed by atoms with Crippen LogP contribution in [0.4, 0.5) is 11.6 Å². The van der Waals surface area contributed by atoms with Gasteiger partial charge in [0, 0.05) is 24.5 Å². The van der Waals surface area contributed by atoms with Crippen molar-refractivity contribution in [2.24, 2.45) is 0 Å². The van der Waals surface area contributed by atoms with Crippen LogP contribution in [0.15, 0.2) is 59.8 Å². The summed E-state index contributed by atoms with van der Waals surface area (Å²) >= 11 is 0. The van der Waals surface area contributed by atoms with Crippen LogP contribution >= 0.6 is 0 Å². The summed E-state index contributed by atoms with van der Waals surface area (Å²) in [7, 11) is 0. The number of hydrogen-bond acceptors (Lipinski definition) is 5. The van der Waals surface area contributed by atoms with Crippen molar-refractivity contribution in [2.45, 2.75) is 46.8 Å². The molecular weight excluding hydrogens is 388 g/mol. The van der Waals surface area contributed by atoms with E-state index in [1.165, 1.54) is 5.69 Å². The van der Waals surface area contributed by atoms with Crippen molar-refractivity contribution in [3.63, 3.8) is 0 Å². The van der Waals surface area contributed by atoms with Crippen molar-refractivity contribution >= 4 is 28.6 Å². The number of nitrogens with zero attached hydrogens (tertiary/aromatic N) is 3. The van der Waals surface area contributed by atoms with Gasteiger partial charge < -0.3 is 15.0 Å². The first-order valence-corrected chi connectivity index (χ1v) is 10.9. The molecule has 1 aliphatic heterocycles. The lowest BCUT2D eigenvalue weighted by Crippen LogP contribution is -2.30. The van der Waals surface area contributed by atoms with E-state index in [2.05, 4.69) is 52.9 Å². The number of esters is 1. The molecule has 0 fully saturated rings. The Morgan fingerprint density at radius 3 is 2.45 bits per heavy atom. The molecule has 0 bridgehead atoms. The smallest absolute Gasteiger partial charge is 0.338 e. The fourth-order valence-electron chi connectivity index (χ4n) is 4.28. The molecule has 2 aromatic carbocycles. The summed E-state index contributed by atoms with van der Waals surface area (Å²) in [6, 6.07) is 16.2. The average molecular weight is 419 g/mol. The SMILES string of the molecule is CCN(CC)c1ccc([C@H]2C(C(=O)OC(C)C)=C(C)Nc3nc4ccccc4n32)cc1. The van der Waals surface area contributed by atoms with Gasteiger partial charge in [-0.1, -0.05) is 24.3 Å². The van der Waals surface area contributed by atoms with Crippen LogP contribution in [0, 0.1) is 0 Å². The molecule has 1 aliphatic rings. The summed E-state index contributed by atoms with van der Waals surface area (Å²) in [5, 5.41) is 3.32. The molecule has 3 aromatic rings. The van der Waals surface area contributed by atoms with E-state index in [1.807, 2.05) is 45.0 Å². The van der Waals surface area contributed by atoms with E-state index < -0.39 is 0 Å². The minimum atomic E-state index is -0.319. The molecule has 6 heteroatoms. The van der Waals surface area contributed by atoms with E-state index in [1.54, 1.807) is 0 Å². The molecule has 31 heavy (non-hydrogen) atoms. The van der Waals surface area contributed by atoms with Crippen molar-refractivity contribution in [3.8, 4) is 0 Å². The number of nitrogens with one attached hydrogen (secondary N) is 1. The van der Waals surface area contributed by atoms with Gasteiger partial charge in [0.05, 0.1) is 28.8 Å². The molecule has 1 atom stereocenters. The van der Waals surface area contributed by atoms with Gasteiger partial charge in [0.15, 0.2) is 0 Å². The molecule has 0 saturated carbocycles. The van der Waals surface area contributed by atoms with Gasteiger partial charge >= 0.3 is 5.97 Å². The molecule has 0 aliphatic carbocycles. The predicted molar refractivity (Wildman–Crippen MR) is 125 cm³/mol. The lowest BCUT2D eigenvalue weighted by Gasteiger charge is -2.31. The van der Waals surface area contributed by atoms with Crippen LogP contribution in [0.5, 0.6) is 0 Å². The van der Waals surface area contributed by atoms with Crippen molar-refractivity contribution in [1.82, 2.24) is 9.55 Å². The summed E-state index contributed by atoms with van der Waals surface area (Å²) in [6.45, 7) is 11.9. The third kappa shape index (κ3) is 3.78. The molecule has 6 nitrogen and oxygen atoms in total. The Kier molecular flexibility index (Phi) is 5.72. The Morgan fingerprint density at radius 1 is 1.13 bits per heavy atom. The number of imidazole rings is 1. The molecule has 0 radical (unpaired) electrons. The summed E-state index contributed by atoms with van der Waals surface area (Å²) in [4.78, 5) is 20.2. The van der Waals surface area contributed by atoms with Crippen molar-refractivity contribution < 1.29 is 9.53 Å². The number of hydrogen-bond donors (Lipinski definition) is 1. The fourth-order valence-corrected chi connectivity index (χ4v) is 4.28. The molecule has 1 aromatic heterocycles. The molecule has 2 heterocycles. The number of anilines is 2. The third-order valence-corrected chi connectivity index (χ3v) is 5.73. The quantitative estimate of drug-likeness (QED) is 0.563. The molecular formula is C25H30N4O2. The Morgan fingerprint density at radius 2 is 1.81 bits per heavy atom. The molecule has 162 valence electrons. The average Bonchev–Trinajstić information content (AvgIpc) is 3.11. The fraction of sp³-hybridized carbons (Fsp3) is 0.360. The monoisotopic (exact) mass is 418 g/mol. The number of para-hydroxylation sites is 2. The van der Waals surface area contributed by atoms with E-state index in [-0.39, 0.29) is 18.1 Å². The molecule has 1 N–H and O–H groups in total. The van der Waals surface area contributed by atoms with E-state index in [9.17, 15) is 4.79 Å². The van der Waals surface area contributed by atoms with Crippen LogP contribution < -0.4 is 10.2 Å². The Hall–Kier alpha value is -3.28. The zero-order chi connectivity index (χ0) is 22.1. The van der Waals surface area contributed by atoms with Crippen LogP contribution in [-0.2, 0) is 9.53 Å². The Bertz CT molecular complexity index is 1120. The van der Waals surface area contributed by atoms with Gasteiger partial charge in [0.25, 0.3) is 0 Å². The summed E-state index contributed by atoms with van der Waals surface area (Å²) < 4.78 is 7.74. The van der Waals surface area contributed by atoms with Crippen molar-refractivity contribution in [2.75, 3.05) is 23.3 Å². The van der Waals surface area contributed by atoms with Crippen molar-refractivity contribution in [1.29, 1.82) is 0 Å². The van der Waals surface area contributed by atoms with Crippen LogP contribution in [0.1, 0.15) is 46.2 Å². The second-order valence-electron chi connectivity index (χ2n) is 8.08. The number of ether oxygens (including phenoxy) is 1. The summed E-state index contributed by atoms with van der Waals surface area (Å²) in [6.07, 6.45) is -0.195. The predicted octanol–water partition coefficient (Wildman–Crippen LogP) is 5.12. The van der Waals surface area contributed by atoms with Crippen molar-refractivity contribution in [3.05, 3.63) is 65.4 Å². The topological polar surface area (TPSA) is 59.4 Å². The van der Waals surface area contributed by atoms with E-state index in [0.717, 1.165) is 41.3 Å². The second-order valence-corrected chi connectivity index (χ2v) is 8.08.